The van der Waals surface area contributed by atoms with E-state index < -0.39 is 0 Å². The van der Waals surface area contributed by atoms with Crippen molar-refractivity contribution in [3.8, 4) is 11.3 Å². The number of thiophene rings is 1. The van der Waals surface area contributed by atoms with Crippen LogP contribution in [0.3, 0.4) is 0 Å². The van der Waals surface area contributed by atoms with Crippen molar-refractivity contribution in [2.45, 2.75) is 0 Å². The molecule has 0 aliphatic rings. The van der Waals surface area contributed by atoms with Gasteiger partial charge in [0.25, 0.3) is 0 Å². The maximum Gasteiger partial charge on any atom is 0.221 e. The molecule has 1 aromatic carbocycles. The van der Waals surface area contributed by atoms with Gasteiger partial charge in [0.2, 0.25) is 5.95 Å². The van der Waals surface area contributed by atoms with Gasteiger partial charge in [-0.25, -0.2) is 9.97 Å². The van der Waals surface area contributed by atoms with Crippen molar-refractivity contribution in [3.63, 3.8) is 0 Å². The van der Waals surface area contributed by atoms with E-state index in [4.69, 9.17) is 5.73 Å². The Morgan fingerprint density at radius 2 is 1.94 bits per heavy atom. The summed E-state index contributed by atoms with van der Waals surface area (Å²) >= 11 is 1.65. The first-order valence-corrected chi connectivity index (χ1v) is 5.84. The average Bonchev–Trinajstić information content (AvgIpc) is 2.81. The summed E-state index contributed by atoms with van der Waals surface area (Å²) in [5.41, 5.74) is 8.60. The lowest BCUT2D eigenvalue weighted by Crippen LogP contribution is -1.97. The zero-order valence-corrected chi connectivity index (χ0v) is 9.24. The molecule has 4 heteroatoms. The third-order valence-corrected chi connectivity index (χ3v) is 3.10. The number of hydrogen-bond acceptors (Lipinski definition) is 4. The van der Waals surface area contributed by atoms with Gasteiger partial charge in [-0.3, -0.25) is 0 Å². The highest BCUT2D eigenvalue weighted by molar-refractivity contribution is 7.08. The molecule has 3 nitrogen and oxygen atoms in total. The Morgan fingerprint density at radius 3 is 2.75 bits per heavy atom. The second-order valence-corrected chi connectivity index (χ2v) is 4.24. The summed E-state index contributed by atoms with van der Waals surface area (Å²) in [5.74, 6) is 0.319. The summed E-state index contributed by atoms with van der Waals surface area (Å²) in [5, 5.41) is 5.13. The van der Waals surface area contributed by atoms with Crippen LogP contribution in [0, 0.1) is 0 Å². The van der Waals surface area contributed by atoms with Crippen LogP contribution in [0.5, 0.6) is 0 Å². The van der Waals surface area contributed by atoms with Crippen LogP contribution in [0.2, 0.25) is 0 Å². The molecule has 3 aromatic rings. The van der Waals surface area contributed by atoms with Gasteiger partial charge in [0.1, 0.15) is 0 Å². The zero-order chi connectivity index (χ0) is 11.0. The minimum Gasteiger partial charge on any atom is -0.368 e. The van der Waals surface area contributed by atoms with Crippen molar-refractivity contribution >= 4 is 28.2 Å². The summed E-state index contributed by atoms with van der Waals surface area (Å²) in [6.45, 7) is 0. The van der Waals surface area contributed by atoms with Crippen LogP contribution in [0.4, 0.5) is 5.95 Å². The number of benzene rings is 1. The van der Waals surface area contributed by atoms with Crippen molar-refractivity contribution in [2.75, 3.05) is 5.73 Å². The first kappa shape index (κ1) is 9.30. The van der Waals surface area contributed by atoms with E-state index in [0.29, 0.717) is 5.95 Å². The molecule has 2 aromatic heterocycles. The van der Waals surface area contributed by atoms with Crippen LogP contribution in [-0.2, 0) is 0 Å². The molecule has 3 rings (SSSR count). The summed E-state index contributed by atoms with van der Waals surface area (Å²) in [6, 6.07) is 9.94. The number of anilines is 1. The van der Waals surface area contributed by atoms with Crippen LogP contribution in [-0.4, -0.2) is 9.97 Å². The molecular formula is C12H9N3S. The van der Waals surface area contributed by atoms with E-state index in [9.17, 15) is 0 Å². The van der Waals surface area contributed by atoms with E-state index in [2.05, 4.69) is 15.3 Å². The van der Waals surface area contributed by atoms with E-state index in [1.165, 1.54) is 0 Å². The van der Waals surface area contributed by atoms with E-state index in [1.807, 2.05) is 35.7 Å². The van der Waals surface area contributed by atoms with Gasteiger partial charge in [0.05, 0.1) is 11.2 Å². The predicted octanol–water partition coefficient (Wildman–Crippen LogP) is 2.94. The number of para-hydroxylation sites is 1. The number of fused-ring (bicyclic) bond motifs is 1. The first-order chi connectivity index (χ1) is 7.84. The Labute approximate surface area is 96.6 Å². The molecule has 0 amide bonds. The zero-order valence-electron chi connectivity index (χ0n) is 8.42. The van der Waals surface area contributed by atoms with Crippen molar-refractivity contribution in [3.05, 3.63) is 41.1 Å². The van der Waals surface area contributed by atoms with E-state index in [-0.39, 0.29) is 0 Å². The summed E-state index contributed by atoms with van der Waals surface area (Å²) in [7, 11) is 0. The minimum atomic E-state index is 0.319. The predicted molar refractivity (Wildman–Crippen MR) is 67.3 cm³/mol. The lowest BCUT2D eigenvalue weighted by atomic mass is 10.1. The third-order valence-electron chi connectivity index (χ3n) is 2.42. The molecular weight excluding hydrogens is 218 g/mol. The number of aromatic nitrogens is 2. The Hall–Kier alpha value is -1.94. The number of nitrogens with zero attached hydrogens (tertiary/aromatic N) is 2. The maximum atomic E-state index is 5.71. The van der Waals surface area contributed by atoms with Gasteiger partial charge in [-0.1, -0.05) is 18.2 Å². The highest BCUT2D eigenvalue weighted by Crippen LogP contribution is 2.27. The number of nitrogens with two attached hydrogens (primary N) is 1. The van der Waals surface area contributed by atoms with Crippen molar-refractivity contribution < 1.29 is 0 Å². The van der Waals surface area contributed by atoms with Gasteiger partial charge in [-0.15, -0.1) is 0 Å². The second-order valence-electron chi connectivity index (χ2n) is 3.46. The highest BCUT2D eigenvalue weighted by atomic mass is 32.1. The molecule has 16 heavy (non-hydrogen) atoms. The van der Waals surface area contributed by atoms with Crippen LogP contribution < -0.4 is 5.73 Å². The van der Waals surface area contributed by atoms with Crippen molar-refractivity contribution in [1.29, 1.82) is 0 Å². The summed E-state index contributed by atoms with van der Waals surface area (Å²) in [4.78, 5) is 8.53. The van der Waals surface area contributed by atoms with E-state index in [1.54, 1.807) is 11.3 Å². The Bertz CT molecular complexity index is 632. The van der Waals surface area contributed by atoms with E-state index in [0.717, 1.165) is 22.2 Å². The molecule has 0 fully saturated rings. The van der Waals surface area contributed by atoms with Gasteiger partial charge in [0, 0.05) is 16.3 Å². The van der Waals surface area contributed by atoms with Crippen LogP contribution >= 0.6 is 11.3 Å². The molecule has 0 aliphatic heterocycles. The third kappa shape index (κ3) is 1.44. The Morgan fingerprint density at radius 1 is 1.06 bits per heavy atom. The SMILES string of the molecule is Nc1nc(-c2ccsc2)c2ccccc2n1. The molecule has 0 atom stereocenters. The topological polar surface area (TPSA) is 51.8 Å². The standard InChI is InChI=1S/C12H9N3S/c13-12-14-10-4-2-1-3-9(10)11(15-12)8-5-6-16-7-8/h1-7H,(H2,13,14,15). The normalized spacial score (nSPS) is 10.8. The maximum absolute atomic E-state index is 5.71. The molecule has 2 N–H and O–H groups in total. The quantitative estimate of drug-likeness (QED) is 0.695. The molecule has 0 spiro atoms. The monoisotopic (exact) mass is 227 g/mol. The Balaban J connectivity index is 2.39. The van der Waals surface area contributed by atoms with Crippen LogP contribution in [0.15, 0.2) is 41.1 Å². The molecule has 0 unspecified atom stereocenters. The van der Waals surface area contributed by atoms with Crippen LogP contribution in [0.1, 0.15) is 0 Å². The lowest BCUT2D eigenvalue weighted by Gasteiger charge is -2.04. The minimum absolute atomic E-state index is 0.319. The molecule has 2 heterocycles. The molecule has 0 saturated carbocycles. The van der Waals surface area contributed by atoms with Gasteiger partial charge in [-0.2, -0.15) is 11.3 Å². The fraction of sp³-hybridized carbons (Fsp3) is 0. The summed E-state index contributed by atoms with van der Waals surface area (Å²) < 4.78 is 0. The van der Waals surface area contributed by atoms with Crippen molar-refractivity contribution in [2.24, 2.45) is 0 Å². The molecule has 0 radical (unpaired) electrons. The second kappa shape index (κ2) is 3.57. The van der Waals surface area contributed by atoms with Gasteiger partial charge >= 0.3 is 0 Å². The fourth-order valence-electron chi connectivity index (χ4n) is 1.71. The Kier molecular flexibility index (Phi) is 2.08. The number of rotatable bonds is 1. The first-order valence-electron chi connectivity index (χ1n) is 4.89. The highest BCUT2D eigenvalue weighted by Gasteiger charge is 2.07. The fourth-order valence-corrected chi connectivity index (χ4v) is 2.35. The number of hydrogen-bond donors (Lipinski definition) is 1. The molecule has 0 saturated heterocycles. The van der Waals surface area contributed by atoms with E-state index >= 15 is 0 Å². The van der Waals surface area contributed by atoms with Gasteiger partial charge < -0.3 is 5.73 Å². The number of nitrogen functional groups attached to an aromatic ring is 1. The smallest absolute Gasteiger partial charge is 0.221 e. The average molecular weight is 227 g/mol. The van der Waals surface area contributed by atoms with Gasteiger partial charge in [-0.05, 0) is 17.5 Å². The summed E-state index contributed by atoms with van der Waals surface area (Å²) in [6.07, 6.45) is 0. The lowest BCUT2D eigenvalue weighted by molar-refractivity contribution is 1.24. The molecule has 78 valence electrons. The van der Waals surface area contributed by atoms with Crippen LogP contribution in [0.25, 0.3) is 22.2 Å². The molecule has 0 bridgehead atoms. The molecule has 0 aliphatic carbocycles. The largest absolute Gasteiger partial charge is 0.368 e. The van der Waals surface area contributed by atoms with Crippen molar-refractivity contribution in [1.82, 2.24) is 9.97 Å². The van der Waals surface area contributed by atoms with Gasteiger partial charge in [0.15, 0.2) is 0 Å².